The summed E-state index contributed by atoms with van der Waals surface area (Å²) < 4.78 is 0. The van der Waals surface area contributed by atoms with Gasteiger partial charge in [0, 0.05) is 22.3 Å². The van der Waals surface area contributed by atoms with Crippen molar-refractivity contribution in [2.45, 2.75) is 44.7 Å². The first kappa shape index (κ1) is 19.9. The standard InChI is InChI=1S/C25H24ClN3O3/c1-3-14-7-4-8-15-21(14)27-24(32)25(15)20-19(18-11-6-12-28(18)25)22(30)29(23(20)31)17-10-5-9-16(26)13(17)2/h4-5,7-10,18-20H,3,6,11-12H2,1-2H3,(H,27,32). The molecule has 0 saturated carbocycles. The van der Waals surface area contributed by atoms with Crippen molar-refractivity contribution in [3.8, 4) is 0 Å². The number of amides is 3. The smallest absolute Gasteiger partial charge is 0.250 e. The summed E-state index contributed by atoms with van der Waals surface area (Å²) in [5.41, 5.74) is 2.77. The molecule has 6 nitrogen and oxygen atoms in total. The molecule has 0 aromatic heterocycles. The van der Waals surface area contributed by atoms with E-state index >= 15 is 0 Å². The van der Waals surface area contributed by atoms with Gasteiger partial charge in [0.1, 0.15) is 5.54 Å². The molecule has 3 fully saturated rings. The Hall–Kier alpha value is -2.70. The Bertz CT molecular complexity index is 1210. The molecule has 1 spiro atoms. The summed E-state index contributed by atoms with van der Waals surface area (Å²) in [5, 5.41) is 3.61. The van der Waals surface area contributed by atoms with Gasteiger partial charge in [0.15, 0.2) is 0 Å². The molecule has 2 aromatic carbocycles. The van der Waals surface area contributed by atoms with E-state index in [9.17, 15) is 14.4 Å². The van der Waals surface area contributed by atoms with Crippen LogP contribution in [0.25, 0.3) is 0 Å². The van der Waals surface area contributed by atoms with E-state index in [4.69, 9.17) is 11.6 Å². The van der Waals surface area contributed by atoms with Gasteiger partial charge in [-0.25, -0.2) is 4.90 Å². The van der Waals surface area contributed by atoms with Crippen LogP contribution in [0.3, 0.4) is 0 Å². The quantitative estimate of drug-likeness (QED) is 0.710. The summed E-state index contributed by atoms with van der Waals surface area (Å²) in [5.74, 6) is -1.98. The highest BCUT2D eigenvalue weighted by Crippen LogP contribution is 2.61. The number of nitrogens with one attached hydrogen (secondary N) is 1. The van der Waals surface area contributed by atoms with E-state index < -0.39 is 17.4 Å². The molecule has 0 aliphatic carbocycles. The van der Waals surface area contributed by atoms with E-state index in [2.05, 4.69) is 17.1 Å². The molecule has 4 atom stereocenters. The van der Waals surface area contributed by atoms with Gasteiger partial charge in [-0.2, -0.15) is 0 Å². The zero-order chi connectivity index (χ0) is 22.4. The van der Waals surface area contributed by atoms with Gasteiger partial charge in [0.2, 0.25) is 17.7 Å². The van der Waals surface area contributed by atoms with Gasteiger partial charge in [-0.15, -0.1) is 0 Å². The highest BCUT2D eigenvalue weighted by molar-refractivity contribution is 6.32. The first-order valence-electron chi connectivity index (χ1n) is 11.3. The molecule has 2 aromatic rings. The maximum absolute atomic E-state index is 14.0. The summed E-state index contributed by atoms with van der Waals surface area (Å²) in [6.07, 6.45) is 2.49. The number of fused-ring (bicyclic) bond motifs is 7. The minimum absolute atomic E-state index is 0.122. The second-order valence-electron chi connectivity index (χ2n) is 9.22. The third-order valence-corrected chi connectivity index (χ3v) is 8.38. The molecule has 4 unspecified atom stereocenters. The molecule has 4 aliphatic rings. The molecule has 32 heavy (non-hydrogen) atoms. The van der Waals surface area contributed by atoms with Crippen LogP contribution in [-0.2, 0) is 26.3 Å². The van der Waals surface area contributed by atoms with Crippen molar-refractivity contribution < 1.29 is 14.4 Å². The highest BCUT2D eigenvalue weighted by atomic mass is 35.5. The molecule has 0 radical (unpaired) electrons. The lowest BCUT2D eigenvalue weighted by molar-refractivity contribution is -0.135. The van der Waals surface area contributed by atoms with Gasteiger partial charge in [0.25, 0.3) is 0 Å². The van der Waals surface area contributed by atoms with Crippen molar-refractivity contribution in [3.63, 3.8) is 0 Å². The fourth-order valence-corrected chi connectivity index (χ4v) is 6.83. The molecule has 1 N–H and O–H groups in total. The Labute approximate surface area is 191 Å². The van der Waals surface area contributed by atoms with Crippen LogP contribution in [0.5, 0.6) is 0 Å². The third kappa shape index (κ3) is 2.17. The molecule has 6 rings (SSSR count). The predicted octanol–water partition coefficient (Wildman–Crippen LogP) is 3.64. The second kappa shape index (κ2) is 6.65. The molecule has 0 bridgehead atoms. The fourth-order valence-electron chi connectivity index (χ4n) is 6.66. The SMILES string of the molecule is CCc1cccc2c1NC(=O)C21C2C(=O)N(c3cccc(Cl)c3C)C(=O)C2C2CCCN21. The number of carbonyl (C=O) groups excluding carboxylic acids is 3. The average Bonchev–Trinajstić information content (AvgIpc) is 3.49. The first-order chi connectivity index (χ1) is 15.4. The van der Waals surface area contributed by atoms with Gasteiger partial charge < -0.3 is 5.32 Å². The van der Waals surface area contributed by atoms with E-state index in [0.717, 1.165) is 36.1 Å². The van der Waals surface area contributed by atoms with Crippen molar-refractivity contribution in [2.24, 2.45) is 11.8 Å². The molecule has 3 amide bonds. The Morgan fingerprint density at radius 3 is 2.69 bits per heavy atom. The van der Waals surface area contributed by atoms with Gasteiger partial charge in [0.05, 0.1) is 17.5 Å². The van der Waals surface area contributed by atoms with Crippen molar-refractivity contribution in [2.75, 3.05) is 16.8 Å². The van der Waals surface area contributed by atoms with E-state index in [1.807, 2.05) is 25.1 Å². The third-order valence-electron chi connectivity index (χ3n) is 7.97. The topological polar surface area (TPSA) is 69.7 Å². The van der Waals surface area contributed by atoms with Crippen LogP contribution in [0.4, 0.5) is 11.4 Å². The monoisotopic (exact) mass is 449 g/mol. The number of benzene rings is 2. The van der Waals surface area contributed by atoms with Crippen molar-refractivity contribution in [1.82, 2.24) is 4.90 Å². The summed E-state index contributed by atoms with van der Waals surface area (Å²) in [7, 11) is 0. The lowest BCUT2D eigenvalue weighted by atomic mass is 9.75. The summed E-state index contributed by atoms with van der Waals surface area (Å²) in [6.45, 7) is 4.57. The zero-order valence-corrected chi connectivity index (χ0v) is 18.8. The van der Waals surface area contributed by atoms with Crippen LogP contribution in [0, 0.1) is 18.8 Å². The first-order valence-corrected chi connectivity index (χ1v) is 11.6. The predicted molar refractivity (Wildman–Crippen MR) is 122 cm³/mol. The normalized spacial score (nSPS) is 30.8. The number of halogens is 1. The maximum atomic E-state index is 14.0. The Kier molecular flexibility index (Phi) is 4.15. The van der Waals surface area contributed by atoms with Crippen molar-refractivity contribution in [1.29, 1.82) is 0 Å². The lowest BCUT2D eigenvalue weighted by Gasteiger charge is -2.36. The molecule has 3 saturated heterocycles. The number of imide groups is 1. The van der Waals surface area contributed by atoms with E-state index in [1.165, 1.54) is 4.90 Å². The highest BCUT2D eigenvalue weighted by Gasteiger charge is 2.74. The largest absolute Gasteiger partial charge is 0.324 e. The van der Waals surface area contributed by atoms with Crippen molar-refractivity contribution >= 4 is 40.7 Å². The van der Waals surface area contributed by atoms with Crippen LogP contribution in [0.2, 0.25) is 5.02 Å². The van der Waals surface area contributed by atoms with Crippen LogP contribution in [-0.4, -0.2) is 35.2 Å². The van der Waals surface area contributed by atoms with Gasteiger partial charge in [-0.3, -0.25) is 19.3 Å². The van der Waals surface area contributed by atoms with Crippen LogP contribution >= 0.6 is 11.6 Å². The van der Waals surface area contributed by atoms with Gasteiger partial charge >= 0.3 is 0 Å². The van der Waals surface area contributed by atoms with E-state index in [1.54, 1.807) is 18.2 Å². The van der Waals surface area contributed by atoms with Gasteiger partial charge in [-0.05, 0) is 56.0 Å². The lowest BCUT2D eigenvalue weighted by Crippen LogP contribution is -2.54. The fraction of sp³-hybridized carbons (Fsp3) is 0.400. The number of aryl methyl sites for hydroxylation is 1. The molecule has 4 aliphatic heterocycles. The van der Waals surface area contributed by atoms with Crippen LogP contribution < -0.4 is 10.2 Å². The number of anilines is 2. The van der Waals surface area contributed by atoms with E-state index in [-0.39, 0.29) is 23.8 Å². The van der Waals surface area contributed by atoms with Gasteiger partial charge in [-0.1, -0.05) is 42.8 Å². The molecular weight excluding hydrogens is 426 g/mol. The molecule has 4 heterocycles. The van der Waals surface area contributed by atoms with Crippen molar-refractivity contribution in [3.05, 3.63) is 58.1 Å². The summed E-state index contributed by atoms with van der Waals surface area (Å²) >= 11 is 6.32. The molecule has 7 heteroatoms. The number of para-hydroxylation sites is 1. The van der Waals surface area contributed by atoms with E-state index in [0.29, 0.717) is 22.8 Å². The average molecular weight is 450 g/mol. The number of carbonyl (C=O) groups is 3. The number of nitrogens with zero attached hydrogens (tertiary/aromatic N) is 2. The number of rotatable bonds is 2. The van der Waals surface area contributed by atoms with Crippen LogP contribution in [0.15, 0.2) is 36.4 Å². The zero-order valence-electron chi connectivity index (χ0n) is 18.0. The second-order valence-corrected chi connectivity index (χ2v) is 9.62. The molecular formula is C25H24ClN3O3. The maximum Gasteiger partial charge on any atom is 0.250 e. The molecule has 164 valence electrons. The Balaban J connectivity index is 1.57. The summed E-state index contributed by atoms with van der Waals surface area (Å²) in [6, 6.07) is 11.1. The Morgan fingerprint density at radius 1 is 1.12 bits per heavy atom. The number of hydrogen-bond acceptors (Lipinski definition) is 4. The van der Waals surface area contributed by atoms with Crippen LogP contribution in [0.1, 0.15) is 36.5 Å². The number of hydrogen-bond donors (Lipinski definition) is 1. The minimum Gasteiger partial charge on any atom is -0.324 e. The minimum atomic E-state index is -1.14. The summed E-state index contributed by atoms with van der Waals surface area (Å²) in [4.78, 5) is 45.0. The Morgan fingerprint density at radius 2 is 1.91 bits per heavy atom.